The molecular weight excluding hydrogens is 159 g/mol. The smallest absolute Gasteiger partial charge is 0.298 e. The highest BCUT2D eigenvalue weighted by Crippen LogP contribution is 2.32. The minimum absolute atomic E-state index is 0.403. The predicted octanol–water partition coefficient (Wildman–Crippen LogP) is 3.72. The topological polar surface area (TPSA) is 9.23 Å². The van der Waals surface area contributed by atoms with Crippen LogP contribution in [0.3, 0.4) is 0 Å². The fraction of sp³-hybridized carbons (Fsp3) is 1.00. The summed E-state index contributed by atoms with van der Waals surface area (Å²) in [6.45, 7) is 14.1. The van der Waals surface area contributed by atoms with E-state index in [1.807, 2.05) is 7.11 Å². The van der Waals surface area contributed by atoms with E-state index in [1.54, 1.807) is 0 Å². The highest BCUT2D eigenvalue weighted by molar-refractivity contribution is 6.55. The second-order valence-corrected chi connectivity index (χ2v) is 4.91. The molecule has 0 heterocycles. The zero-order valence-corrected chi connectivity index (χ0v) is 10.3. The fourth-order valence-corrected chi connectivity index (χ4v) is 1.67. The Morgan fingerprint density at radius 2 is 1.08 bits per heavy atom. The van der Waals surface area contributed by atoms with Gasteiger partial charge in [-0.1, -0.05) is 41.5 Å². The summed E-state index contributed by atoms with van der Waals surface area (Å²) in [6, 6.07) is 0. The first-order valence-electron chi connectivity index (χ1n) is 5.44. The van der Waals surface area contributed by atoms with Crippen LogP contribution in [0.2, 0.25) is 11.6 Å². The van der Waals surface area contributed by atoms with Gasteiger partial charge in [0.25, 0.3) is 6.92 Å². The van der Waals surface area contributed by atoms with Gasteiger partial charge in [-0.15, -0.1) is 0 Å². The van der Waals surface area contributed by atoms with E-state index in [-0.39, 0.29) is 0 Å². The normalized spacial score (nSPS) is 16.4. The second kappa shape index (κ2) is 5.69. The summed E-state index contributed by atoms with van der Waals surface area (Å²) in [5.41, 5.74) is 0. The summed E-state index contributed by atoms with van der Waals surface area (Å²) in [5, 5.41) is 0. The predicted molar refractivity (Wildman–Crippen MR) is 61.3 cm³/mol. The number of hydrogen-bond donors (Lipinski definition) is 0. The molecule has 0 rings (SSSR count). The minimum atomic E-state index is 0.403. The van der Waals surface area contributed by atoms with Crippen LogP contribution in [0.25, 0.3) is 0 Å². The van der Waals surface area contributed by atoms with E-state index >= 15 is 0 Å². The Bertz CT molecular complexity index is 120. The van der Waals surface area contributed by atoms with Crippen LogP contribution in [-0.2, 0) is 4.65 Å². The number of rotatable bonds is 5. The molecule has 0 aromatic carbocycles. The average Bonchev–Trinajstić information content (AvgIpc) is 2.04. The van der Waals surface area contributed by atoms with Crippen LogP contribution in [0, 0.1) is 11.8 Å². The molecule has 0 unspecified atom stereocenters. The Balaban J connectivity index is 4.31. The largest absolute Gasteiger partial charge is 0.438 e. The third kappa shape index (κ3) is 3.72. The molecule has 0 saturated carbocycles. The molecule has 0 saturated heterocycles. The Hall–Kier alpha value is 0.0249. The SMILES string of the molecule is COB([C@H](C)C(C)C)[C@H](C)C(C)C. The standard InChI is InChI=1S/C11H25BO/c1-8(2)10(5)12(13-7)11(6)9(3)4/h8-11H,1-7H3/t10-,11-/m1/s1. The summed E-state index contributed by atoms with van der Waals surface area (Å²) in [7, 11) is 1.84. The lowest BCUT2D eigenvalue weighted by Crippen LogP contribution is -2.31. The quantitative estimate of drug-likeness (QED) is 0.591. The van der Waals surface area contributed by atoms with Crippen molar-refractivity contribution in [2.45, 2.75) is 53.2 Å². The molecule has 0 aliphatic carbocycles. The maximum Gasteiger partial charge on any atom is 0.298 e. The van der Waals surface area contributed by atoms with Crippen LogP contribution >= 0.6 is 0 Å². The molecule has 0 radical (unpaired) electrons. The summed E-state index contributed by atoms with van der Waals surface area (Å²) in [4.78, 5) is 0. The Labute approximate surface area is 84.4 Å². The molecule has 0 aromatic heterocycles. The van der Waals surface area contributed by atoms with E-state index in [2.05, 4.69) is 41.5 Å². The van der Waals surface area contributed by atoms with Gasteiger partial charge in [-0.3, -0.25) is 0 Å². The molecule has 0 aromatic rings. The van der Waals surface area contributed by atoms with E-state index in [1.165, 1.54) is 0 Å². The van der Waals surface area contributed by atoms with Crippen LogP contribution in [0.5, 0.6) is 0 Å². The van der Waals surface area contributed by atoms with Gasteiger partial charge in [0.15, 0.2) is 0 Å². The second-order valence-electron chi connectivity index (χ2n) is 4.91. The van der Waals surface area contributed by atoms with Gasteiger partial charge in [0.2, 0.25) is 0 Å². The van der Waals surface area contributed by atoms with Crippen molar-refractivity contribution < 1.29 is 4.65 Å². The highest BCUT2D eigenvalue weighted by Gasteiger charge is 2.32. The van der Waals surface area contributed by atoms with Gasteiger partial charge in [0.05, 0.1) is 0 Å². The van der Waals surface area contributed by atoms with E-state index < -0.39 is 0 Å². The summed E-state index contributed by atoms with van der Waals surface area (Å²) < 4.78 is 5.60. The maximum atomic E-state index is 5.60. The van der Waals surface area contributed by atoms with Crippen LogP contribution in [0.15, 0.2) is 0 Å². The molecule has 0 N–H and O–H groups in total. The lowest BCUT2D eigenvalue weighted by molar-refractivity contribution is 0.367. The molecule has 0 fully saturated rings. The Morgan fingerprint density at radius 1 is 0.769 bits per heavy atom. The monoisotopic (exact) mass is 184 g/mol. The fourth-order valence-electron chi connectivity index (χ4n) is 1.67. The first-order valence-corrected chi connectivity index (χ1v) is 5.44. The zero-order chi connectivity index (χ0) is 10.6. The third-order valence-corrected chi connectivity index (χ3v) is 3.41. The Kier molecular flexibility index (Phi) is 5.70. The van der Waals surface area contributed by atoms with Gasteiger partial charge < -0.3 is 4.65 Å². The Morgan fingerprint density at radius 3 is 1.23 bits per heavy atom. The van der Waals surface area contributed by atoms with Crippen molar-refractivity contribution in [1.82, 2.24) is 0 Å². The molecule has 0 aliphatic heterocycles. The van der Waals surface area contributed by atoms with Gasteiger partial charge in [0, 0.05) is 7.11 Å². The van der Waals surface area contributed by atoms with Crippen molar-refractivity contribution in [3.8, 4) is 0 Å². The molecule has 0 aliphatic rings. The molecule has 2 atom stereocenters. The molecule has 0 bridgehead atoms. The average molecular weight is 184 g/mol. The molecule has 13 heavy (non-hydrogen) atoms. The first kappa shape index (κ1) is 13.0. The highest BCUT2D eigenvalue weighted by atomic mass is 16.4. The first-order chi connectivity index (χ1) is 5.91. The van der Waals surface area contributed by atoms with E-state index in [0.29, 0.717) is 30.4 Å². The van der Waals surface area contributed by atoms with Crippen molar-refractivity contribution in [2.75, 3.05) is 7.11 Å². The minimum Gasteiger partial charge on any atom is -0.438 e. The van der Waals surface area contributed by atoms with E-state index in [0.717, 1.165) is 0 Å². The molecule has 1 nitrogen and oxygen atoms in total. The molecule has 78 valence electrons. The van der Waals surface area contributed by atoms with E-state index in [9.17, 15) is 0 Å². The van der Waals surface area contributed by atoms with Gasteiger partial charge >= 0.3 is 0 Å². The van der Waals surface area contributed by atoms with Crippen LogP contribution in [-0.4, -0.2) is 14.0 Å². The van der Waals surface area contributed by atoms with E-state index in [4.69, 9.17) is 4.65 Å². The van der Waals surface area contributed by atoms with Crippen LogP contribution in [0.1, 0.15) is 41.5 Å². The van der Waals surface area contributed by atoms with Crippen molar-refractivity contribution in [1.29, 1.82) is 0 Å². The summed E-state index contributed by atoms with van der Waals surface area (Å²) in [6.07, 6.45) is 0. The molecule has 0 spiro atoms. The van der Waals surface area contributed by atoms with Gasteiger partial charge in [-0.2, -0.15) is 0 Å². The summed E-state index contributed by atoms with van der Waals surface area (Å²) in [5.74, 6) is 2.68. The number of hydrogen-bond acceptors (Lipinski definition) is 1. The van der Waals surface area contributed by atoms with Crippen molar-refractivity contribution in [3.63, 3.8) is 0 Å². The molecular formula is C11H25BO. The third-order valence-electron chi connectivity index (χ3n) is 3.41. The van der Waals surface area contributed by atoms with Crippen molar-refractivity contribution in [2.24, 2.45) is 11.8 Å². The lowest BCUT2D eigenvalue weighted by Gasteiger charge is -2.29. The molecule has 2 heteroatoms. The van der Waals surface area contributed by atoms with Crippen LogP contribution < -0.4 is 0 Å². The summed E-state index contributed by atoms with van der Waals surface area (Å²) >= 11 is 0. The van der Waals surface area contributed by atoms with Crippen LogP contribution in [0.4, 0.5) is 0 Å². The lowest BCUT2D eigenvalue weighted by atomic mass is 9.43. The molecule has 0 amide bonds. The van der Waals surface area contributed by atoms with Crippen molar-refractivity contribution >= 4 is 6.92 Å². The van der Waals surface area contributed by atoms with Crippen molar-refractivity contribution in [3.05, 3.63) is 0 Å². The van der Waals surface area contributed by atoms with Gasteiger partial charge in [-0.05, 0) is 23.5 Å². The van der Waals surface area contributed by atoms with Gasteiger partial charge in [-0.25, -0.2) is 0 Å². The van der Waals surface area contributed by atoms with Gasteiger partial charge in [0.1, 0.15) is 0 Å². The maximum absolute atomic E-state index is 5.60. The zero-order valence-electron chi connectivity index (χ0n) is 10.3.